The molecule has 1 unspecified atom stereocenters. The SMILES string of the molecule is CC(=Nc1cccc(Cl)c1)C1=CC=C[CH]1[Sn]([Cl])[Cl]. The van der Waals surface area contributed by atoms with Crippen molar-refractivity contribution >= 4 is 58.3 Å². The number of halogens is 3. The van der Waals surface area contributed by atoms with Crippen LogP contribution in [0.15, 0.2) is 53.1 Å². The van der Waals surface area contributed by atoms with Gasteiger partial charge in [-0.15, -0.1) is 0 Å². The molecule has 0 aromatic heterocycles. The first-order valence-electron chi connectivity index (χ1n) is 5.45. The van der Waals surface area contributed by atoms with E-state index in [1.54, 1.807) is 0 Å². The van der Waals surface area contributed by atoms with Crippen molar-refractivity contribution in [3.8, 4) is 0 Å². The summed E-state index contributed by atoms with van der Waals surface area (Å²) in [5.74, 6) is 0. The number of hydrogen-bond donors (Lipinski definition) is 0. The van der Waals surface area contributed by atoms with Crippen LogP contribution in [0.4, 0.5) is 5.69 Å². The van der Waals surface area contributed by atoms with Crippen molar-refractivity contribution in [3.05, 3.63) is 53.1 Å². The topological polar surface area (TPSA) is 12.4 Å². The maximum atomic E-state index is 6.14. The molecule has 0 bridgehead atoms. The molecule has 18 heavy (non-hydrogen) atoms. The summed E-state index contributed by atoms with van der Waals surface area (Å²) in [7, 11) is 12.3. The van der Waals surface area contributed by atoms with Gasteiger partial charge in [0.15, 0.2) is 0 Å². The molecule has 0 spiro atoms. The monoisotopic (exact) mass is 406 g/mol. The fourth-order valence-corrected chi connectivity index (χ4v) is 6.83. The first-order valence-corrected chi connectivity index (χ1v) is 14.7. The quantitative estimate of drug-likeness (QED) is 0.480. The molecule has 0 saturated heterocycles. The fourth-order valence-electron chi connectivity index (χ4n) is 1.82. The van der Waals surface area contributed by atoms with Crippen molar-refractivity contribution in [2.24, 2.45) is 4.99 Å². The minimum atomic E-state index is -2.32. The number of aliphatic imine (C=N–C) groups is 1. The van der Waals surface area contributed by atoms with Crippen molar-refractivity contribution in [3.63, 3.8) is 0 Å². The van der Waals surface area contributed by atoms with E-state index in [4.69, 9.17) is 29.4 Å². The molecule has 1 aromatic carbocycles. The molecule has 0 N–H and O–H groups in total. The minimum absolute atomic E-state index is 0.207. The van der Waals surface area contributed by atoms with Gasteiger partial charge in [0.25, 0.3) is 0 Å². The molecule has 1 radical (unpaired) electrons. The van der Waals surface area contributed by atoms with Gasteiger partial charge < -0.3 is 0 Å². The Bertz CT molecular complexity index is 535. The average molecular weight is 406 g/mol. The van der Waals surface area contributed by atoms with E-state index in [9.17, 15) is 0 Å². The Hall–Kier alpha value is 0.0387. The van der Waals surface area contributed by atoms with Gasteiger partial charge in [-0.3, -0.25) is 0 Å². The van der Waals surface area contributed by atoms with Gasteiger partial charge in [0.2, 0.25) is 0 Å². The third kappa shape index (κ3) is 3.53. The van der Waals surface area contributed by atoms with Crippen molar-refractivity contribution in [1.82, 2.24) is 0 Å². The number of allylic oxidation sites excluding steroid dienone is 4. The number of nitrogens with zero attached hydrogens (tertiary/aromatic N) is 1. The Kier molecular flexibility index (Phi) is 5.19. The van der Waals surface area contributed by atoms with Crippen LogP contribution < -0.4 is 0 Å². The summed E-state index contributed by atoms with van der Waals surface area (Å²) in [4.78, 5) is 4.57. The molecular weight excluding hydrogens is 395 g/mol. The zero-order valence-corrected chi connectivity index (χ0v) is 14.8. The molecule has 5 heteroatoms. The van der Waals surface area contributed by atoms with Crippen LogP contribution in [0.25, 0.3) is 0 Å². The predicted molar refractivity (Wildman–Crippen MR) is 82.7 cm³/mol. The summed E-state index contributed by atoms with van der Waals surface area (Å²) in [6.45, 7) is 1.98. The van der Waals surface area contributed by atoms with Gasteiger partial charge >= 0.3 is 127 Å². The van der Waals surface area contributed by atoms with Gasteiger partial charge in [-0.1, -0.05) is 0 Å². The van der Waals surface area contributed by atoms with Gasteiger partial charge in [-0.2, -0.15) is 0 Å². The summed E-state index contributed by atoms with van der Waals surface area (Å²) in [6.07, 6.45) is 6.11. The van der Waals surface area contributed by atoms with Crippen LogP contribution in [0.2, 0.25) is 8.96 Å². The molecule has 1 aliphatic rings. The van der Waals surface area contributed by atoms with Crippen LogP contribution in [-0.4, -0.2) is 23.2 Å². The maximum absolute atomic E-state index is 6.14. The summed E-state index contributed by atoms with van der Waals surface area (Å²) in [5, 5.41) is 0.685. The molecule has 93 valence electrons. The van der Waals surface area contributed by atoms with Crippen LogP contribution in [0, 0.1) is 0 Å². The summed E-state index contributed by atoms with van der Waals surface area (Å²) in [5.41, 5.74) is 2.93. The van der Waals surface area contributed by atoms with Gasteiger partial charge in [-0.05, 0) is 0 Å². The zero-order chi connectivity index (χ0) is 13.1. The third-order valence-corrected chi connectivity index (χ3v) is 8.84. The molecule has 1 aromatic rings. The van der Waals surface area contributed by atoms with E-state index in [0.717, 1.165) is 17.0 Å². The van der Waals surface area contributed by atoms with Gasteiger partial charge in [0, 0.05) is 0 Å². The standard InChI is InChI=1S/C13H11ClN.2ClH.Sn/c1-10(11-5-2-3-6-11)15-13-8-4-7-12(14)9-13;;;/h2-9H,1H3;2*1H;/q;;;+2/p-2. The third-order valence-electron chi connectivity index (χ3n) is 2.67. The molecule has 0 saturated carbocycles. The van der Waals surface area contributed by atoms with Gasteiger partial charge in [0.1, 0.15) is 0 Å². The fraction of sp³-hybridized carbons (Fsp3) is 0.154. The van der Waals surface area contributed by atoms with E-state index in [1.165, 1.54) is 0 Å². The Morgan fingerprint density at radius 1 is 1.33 bits per heavy atom. The molecule has 0 amide bonds. The van der Waals surface area contributed by atoms with Crippen LogP contribution in [0.5, 0.6) is 0 Å². The molecule has 1 atom stereocenters. The molecular formula is C13H11Cl3NSn. The Labute approximate surface area is 126 Å². The van der Waals surface area contributed by atoms with E-state index in [-0.39, 0.29) is 3.93 Å². The van der Waals surface area contributed by atoms with Crippen LogP contribution in [-0.2, 0) is 0 Å². The number of hydrogen-bond acceptors (Lipinski definition) is 1. The van der Waals surface area contributed by atoms with E-state index in [2.05, 4.69) is 11.1 Å². The van der Waals surface area contributed by atoms with Crippen molar-refractivity contribution in [2.75, 3.05) is 0 Å². The van der Waals surface area contributed by atoms with Gasteiger partial charge in [0.05, 0.1) is 0 Å². The molecule has 2 rings (SSSR count). The average Bonchev–Trinajstić information content (AvgIpc) is 2.77. The van der Waals surface area contributed by atoms with Crippen molar-refractivity contribution in [2.45, 2.75) is 10.9 Å². The van der Waals surface area contributed by atoms with E-state index in [1.807, 2.05) is 43.3 Å². The van der Waals surface area contributed by atoms with E-state index >= 15 is 0 Å². The number of rotatable bonds is 3. The van der Waals surface area contributed by atoms with Crippen molar-refractivity contribution in [1.29, 1.82) is 0 Å². The second-order valence-electron chi connectivity index (χ2n) is 3.95. The van der Waals surface area contributed by atoms with Crippen molar-refractivity contribution < 1.29 is 0 Å². The summed E-state index contributed by atoms with van der Waals surface area (Å²) < 4.78 is 0.207. The number of benzene rings is 1. The summed E-state index contributed by atoms with van der Waals surface area (Å²) in [6, 6.07) is 7.48. The van der Waals surface area contributed by atoms with Gasteiger partial charge in [-0.25, -0.2) is 0 Å². The summed E-state index contributed by atoms with van der Waals surface area (Å²) >= 11 is 3.62. The Balaban J connectivity index is 2.24. The van der Waals surface area contributed by atoms with Crippen LogP contribution in [0.3, 0.4) is 0 Å². The Morgan fingerprint density at radius 3 is 2.78 bits per heavy atom. The first-order chi connectivity index (χ1) is 8.58. The van der Waals surface area contributed by atoms with Crippen LogP contribution >= 0.6 is 29.4 Å². The first kappa shape index (κ1) is 14.4. The second-order valence-corrected chi connectivity index (χ2v) is 14.6. The van der Waals surface area contributed by atoms with Crippen LogP contribution in [0.1, 0.15) is 6.92 Å². The Morgan fingerprint density at radius 2 is 2.11 bits per heavy atom. The zero-order valence-electron chi connectivity index (χ0n) is 9.70. The molecule has 0 aliphatic heterocycles. The molecule has 1 aliphatic carbocycles. The molecule has 0 heterocycles. The second kappa shape index (κ2) is 6.46. The predicted octanol–water partition coefficient (Wildman–Crippen LogP) is 5.26. The molecule has 0 fully saturated rings. The van der Waals surface area contributed by atoms with E-state index in [0.29, 0.717) is 5.02 Å². The molecule has 1 nitrogen and oxygen atoms in total. The normalized spacial score (nSPS) is 19.5. The van der Waals surface area contributed by atoms with E-state index < -0.39 is 17.5 Å².